The van der Waals surface area contributed by atoms with E-state index in [-0.39, 0.29) is 16.6 Å². The predicted molar refractivity (Wildman–Crippen MR) is 87.8 cm³/mol. The molecule has 0 radical (unpaired) electrons. The zero-order valence-corrected chi connectivity index (χ0v) is 13.4. The van der Waals surface area contributed by atoms with E-state index in [1.54, 1.807) is 6.92 Å². The Hall–Kier alpha value is -2.90. The molecule has 0 aliphatic heterocycles. The highest BCUT2D eigenvalue weighted by Crippen LogP contribution is 2.31. The van der Waals surface area contributed by atoms with E-state index in [9.17, 15) is 26.7 Å². The van der Waals surface area contributed by atoms with E-state index in [0.717, 1.165) is 24.3 Å². The lowest BCUT2D eigenvalue weighted by molar-refractivity contribution is -0.137. The van der Waals surface area contributed by atoms with Gasteiger partial charge in [-0.1, -0.05) is 12.1 Å². The quantitative estimate of drug-likeness (QED) is 0.678. The molecule has 136 valence electrons. The molecule has 0 bridgehead atoms. The standard InChI is InChI=1S/C18H13F5N2O/c1-9(10-2-4-11(5-3-10)18(21,22)23)25-8-15(24)17(26)12-6-13(19)14(20)7-16(12)25/h2-9H,24H2,1H3. The molecule has 2 N–H and O–H groups in total. The molecule has 0 saturated heterocycles. The lowest BCUT2D eigenvalue weighted by Crippen LogP contribution is -2.17. The van der Waals surface area contributed by atoms with Crippen molar-refractivity contribution in [2.75, 3.05) is 5.73 Å². The van der Waals surface area contributed by atoms with Gasteiger partial charge in [0.1, 0.15) is 0 Å². The van der Waals surface area contributed by atoms with E-state index in [4.69, 9.17) is 5.73 Å². The molecule has 1 aromatic heterocycles. The van der Waals surface area contributed by atoms with Gasteiger partial charge in [-0.3, -0.25) is 4.79 Å². The number of alkyl halides is 3. The Labute approximate surface area is 144 Å². The summed E-state index contributed by atoms with van der Waals surface area (Å²) in [6.45, 7) is 1.65. The average molecular weight is 368 g/mol. The number of halogens is 5. The molecule has 8 heteroatoms. The van der Waals surface area contributed by atoms with Gasteiger partial charge in [0.2, 0.25) is 5.43 Å². The Kier molecular flexibility index (Phi) is 4.21. The second kappa shape index (κ2) is 6.12. The van der Waals surface area contributed by atoms with Crippen molar-refractivity contribution in [2.24, 2.45) is 0 Å². The minimum atomic E-state index is -4.46. The molecule has 26 heavy (non-hydrogen) atoms. The van der Waals surface area contributed by atoms with Crippen LogP contribution in [0.5, 0.6) is 0 Å². The smallest absolute Gasteiger partial charge is 0.394 e. The third-order valence-electron chi connectivity index (χ3n) is 4.24. The number of hydrogen-bond donors (Lipinski definition) is 1. The van der Waals surface area contributed by atoms with Crippen molar-refractivity contribution in [1.82, 2.24) is 4.57 Å². The number of rotatable bonds is 2. The van der Waals surface area contributed by atoms with E-state index < -0.39 is 34.8 Å². The van der Waals surface area contributed by atoms with Gasteiger partial charge in [0.15, 0.2) is 11.6 Å². The third kappa shape index (κ3) is 3.02. The summed E-state index contributed by atoms with van der Waals surface area (Å²) in [5.41, 5.74) is 4.62. The number of aromatic nitrogens is 1. The Morgan fingerprint density at radius 3 is 2.19 bits per heavy atom. The molecule has 2 aromatic carbocycles. The molecule has 0 aliphatic carbocycles. The molecular weight excluding hydrogens is 355 g/mol. The van der Waals surface area contributed by atoms with Crippen LogP contribution >= 0.6 is 0 Å². The second-order valence-electron chi connectivity index (χ2n) is 5.90. The maximum Gasteiger partial charge on any atom is 0.416 e. The van der Waals surface area contributed by atoms with Crippen molar-refractivity contribution in [2.45, 2.75) is 19.1 Å². The van der Waals surface area contributed by atoms with Gasteiger partial charge in [0.05, 0.1) is 28.2 Å². The molecule has 3 nitrogen and oxygen atoms in total. The second-order valence-corrected chi connectivity index (χ2v) is 5.90. The molecule has 1 unspecified atom stereocenters. The van der Waals surface area contributed by atoms with Gasteiger partial charge in [0, 0.05) is 12.3 Å². The number of nitrogens with zero attached hydrogens (tertiary/aromatic N) is 1. The van der Waals surface area contributed by atoms with Crippen LogP contribution in [0.25, 0.3) is 10.9 Å². The number of benzene rings is 2. The van der Waals surface area contributed by atoms with Crippen LogP contribution in [-0.2, 0) is 6.18 Å². The van der Waals surface area contributed by atoms with E-state index in [0.29, 0.717) is 5.56 Å². The first-order valence-electron chi connectivity index (χ1n) is 7.56. The van der Waals surface area contributed by atoms with Gasteiger partial charge in [-0.05, 0) is 30.7 Å². The number of fused-ring (bicyclic) bond motifs is 1. The maximum atomic E-state index is 13.7. The molecule has 0 saturated carbocycles. The molecule has 0 spiro atoms. The molecule has 1 atom stereocenters. The van der Waals surface area contributed by atoms with Crippen LogP contribution in [0.3, 0.4) is 0 Å². The Morgan fingerprint density at radius 1 is 1.04 bits per heavy atom. The minimum Gasteiger partial charge on any atom is -0.394 e. The summed E-state index contributed by atoms with van der Waals surface area (Å²) in [5.74, 6) is -2.33. The van der Waals surface area contributed by atoms with Gasteiger partial charge < -0.3 is 10.3 Å². The molecular formula is C18H13F5N2O. The highest BCUT2D eigenvalue weighted by molar-refractivity contribution is 5.82. The summed E-state index contributed by atoms with van der Waals surface area (Å²) in [6, 6.07) is 5.49. The normalized spacial score (nSPS) is 13.2. The summed E-state index contributed by atoms with van der Waals surface area (Å²) >= 11 is 0. The molecule has 0 fully saturated rings. The van der Waals surface area contributed by atoms with Crippen molar-refractivity contribution in [3.05, 3.63) is 75.6 Å². The van der Waals surface area contributed by atoms with Crippen molar-refractivity contribution in [3.8, 4) is 0 Å². The lowest BCUT2D eigenvalue weighted by Gasteiger charge is -2.20. The van der Waals surface area contributed by atoms with Crippen LogP contribution < -0.4 is 11.2 Å². The zero-order valence-electron chi connectivity index (χ0n) is 13.4. The van der Waals surface area contributed by atoms with Gasteiger partial charge in [-0.15, -0.1) is 0 Å². The Morgan fingerprint density at radius 2 is 1.62 bits per heavy atom. The predicted octanol–water partition coefficient (Wildman–Crippen LogP) is 4.49. The van der Waals surface area contributed by atoms with Crippen LogP contribution in [0.4, 0.5) is 27.6 Å². The van der Waals surface area contributed by atoms with Crippen LogP contribution in [0.15, 0.2) is 47.4 Å². The fourth-order valence-corrected chi connectivity index (χ4v) is 2.80. The van der Waals surface area contributed by atoms with Crippen molar-refractivity contribution in [1.29, 1.82) is 0 Å². The maximum absolute atomic E-state index is 13.7. The SMILES string of the molecule is CC(c1ccc(C(F)(F)F)cc1)n1cc(N)c(=O)c2cc(F)c(F)cc21. The van der Waals surface area contributed by atoms with Crippen LogP contribution in [0.2, 0.25) is 0 Å². The van der Waals surface area contributed by atoms with Crippen LogP contribution in [0.1, 0.15) is 24.1 Å². The third-order valence-corrected chi connectivity index (χ3v) is 4.24. The number of anilines is 1. The van der Waals surface area contributed by atoms with Gasteiger partial charge >= 0.3 is 6.18 Å². The monoisotopic (exact) mass is 368 g/mol. The van der Waals surface area contributed by atoms with Gasteiger partial charge in [-0.2, -0.15) is 13.2 Å². The zero-order chi connectivity index (χ0) is 19.2. The van der Waals surface area contributed by atoms with Gasteiger partial charge in [0.25, 0.3) is 0 Å². The molecule has 3 rings (SSSR count). The highest BCUT2D eigenvalue weighted by Gasteiger charge is 2.30. The summed E-state index contributed by atoms with van der Waals surface area (Å²) < 4.78 is 66.7. The lowest BCUT2D eigenvalue weighted by atomic mass is 10.0. The fourth-order valence-electron chi connectivity index (χ4n) is 2.80. The number of pyridine rings is 1. The van der Waals surface area contributed by atoms with Crippen LogP contribution in [0, 0.1) is 11.6 Å². The minimum absolute atomic E-state index is 0.0931. The van der Waals surface area contributed by atoms with Gasteiger partial charge in [-0.25, -0.2) is 8.78 Å². The molecule has 0 aliphatic rings. The highest BCUT2D eigenvalue weighted by atomic mass is 19.4. The number of nitrogen functional groups attached to an aromatic ring is 1. The van der Waals surface area contributed by atoms with Crippen molar-refractivity contribution < 1.29 is 22.0 Å². The summed E-state index contributed by atoms with van der Waals surface area (Å²) in [7, 11) is 0. The number of hydrogen-bond acceptors (Lipinski definition) is 2. The number of nitrogens with two attached hydrogens (primary N) is 1. The molecule has 1 heterocycles. The summed E-state index contributed by atoms with van der Waals surface area (Å²) in [5, 5.41) is -0.109. The Balaban J connectivity index is 2.17. The first-order chi connectivity index (χ1) is 12.1. The summed E-state index contributed by atoms with van der Waals surface area (Å²) in [4.78, 5) is 12.1. The first-order valence-corrected chi connectivity index (χ1v) is 7.56. The van der Waals surface area contributed by atoms with Crippen molar-refractivity contribution >= 4 is 16.6 Å². The Bertz CT molecular complexity index is 1040. The topological polar surface area (TPSA) is 48.0 Å². The van der Waals surface area contributed by atoms with E-state index in [1.807, 2.05) is 0 Å². The molecule has 0 amide bonds. The fraction of sp³-hybridized carbons (Fsp3) is 0.167. The largest absolute Gasteiger partial charge is 0.416 e. The van der Waals surface area contributed by atoms with Crippen LogP contribution in [-0.4, -0.2) is 4.57 Å². The van der Waals surface area contributed by atoms with Crippen molar-refractivity contribution in [3.63, 3.8) is 0 Å². The average Bonchev–Trinajstić information content (AvgIpc) is 2.58. The summed E-state index contributed by atoms with van der Waals surface area (Å²) in [6.07, 6.45) is -3.19. The van der Waals surface area contributed by atoms with E-state index in [1.165, 1.54) is 22.9 Å². The first kappa shape index (κ1) is 17.9. The van der Waals surface area contributed by atoms with E-state index in [2.05, 4.69) is 0 Å². The van der Waals surface area contributed by atoms with E-state index >= 15 is 0 Å². The molecule has 3 aromatic rings.